The summed E-state index contributed by atoms with van der Waals surface area (Å²) in [5.74, 6) is -0.365. The number of anilines is 2. The number of nitrogens with zero attached hydrogens (tertiary/aromatic N) is 1. The van der Waals surface area contributed by atoms with E-state index < -0.39 is 0 Å². The van der Waals surface area contributed by atoms with Crippen molar-refractivity contribution in [1.82, 2.24) is 0 Å². The first-order chi connectivity index (χ1) is 9.69. The summed E-state index contributed by atoms with van der Waals surface area (Å²) >= 11 is 1.40. The van der Waals surface area contributed by atoms with Gasteiger partial charge in [0, 0.05) is 13.1 Å². The van der Waals surface area contributed by atoms with E-state index in [1.165, 1.54) is 29.6 Å². The average Bonchev–Trinajstić information content (AvgIpc) is 2.88. The molecule has 0 spiro atoms. The molecule has 20 heavy (non-hydrogen) atoms. The number of rotatable bonds is 2. The van der Waals surface area contributed by atoms with Crippen molar-refractivity contribution in [3.63, 3.8) is 0 Å². The molecule has 0 bridgehead atoms. The predicted octanol–water partition coefficient (Wildman–Crippen LogP) is 2.68. The van der Waals surface area contributed by atoms with E-state index in [2.05, 4.69) is 29.2 Å². The summed E-state index contributed by atoms with van der Waals surface area (Å²) < 4.78 is 4.75. The third kappa shape index (κ3) is 2.25. The molecule has 1 aromatic heterocycles. The third-order valence-corrected chi connectivity index (χ3v) is 4.75. The molecule has 4 nitrogen and oxygen atoms in total. The van der Waals surface area contributed by atoms with E-state index >= 15 is 0 Å². The SMILES string of the molecule is COC(=O)c1sc(N2CCc3ccccc3C2)cc1N. The van der Waals surface area contributed by atoms with E-state index in [0.29, 0.717) is 10.6 Å². The second-order valence-corrected chi connectivity index (χ2v) is 5.83. The van der Waals surface area contributed by atoms with Crippen molar-refractivity contribution in [2.24, 2.45) is 0 Å². The number of carbonyl (C=O) groups is 1. The zero-order valence-corrected chi connectivity index (χ0v) is 12.1. The molecule has 5 heteroatoms. The van der Waals surface area contributed by atoms with Gasteiger partial charge in [-0.2, -0.15) is 0 Å². The molecule has 1 aromatic carbocycles. The lowest BCUT2D eigenvalue weighted by atomic mass is 10.0. The molecular formula is C15H16N2O2S. The monoisotopic (exact) mass is 288 g/mol. The van der Waals surface area contributed by atoms with Gasteiger partial charge in [-0.25, -0.2) is 4.79 Å². The van der Waals surface area contributed by atoms with Crippen LogP contribution in [0.15, 0.2) is 30.3 Å². The summed E-state index contributed by atoms with van der Waals surface area (Å²) in [5.41, 5.74) is 9.14. The number of nitrogen functional groups attached to an aromatic ring is 1. The number of fused-ring (bicyclic) bond motifs is 1. The zero-order valence-electron chi connectivity index (χ0n) is 11.3. The van der Waals surface area contributed by atoms with Crippen molar-refractivity contribution in [2.75, 3.05) is 24.3 Å². The van der Waals surface area contributed by atoms with Gasteiger partial charge in [-0.3, -0.25) is 0 Å². The lowest BCUT2D eigenvalue weighted by Gasteiger charge is -2.29. The topological polar surface area (TPSA) is 55.6 Å². The fourth-order valence-corrected chi connectivity index (χ4v) is 3.51. The van der Waals surface area contributed by atoms with Crippen LogP contribution in [0.2, 0.25) is 0 Å². The molecule has 104 valence electrons. The van der Waals surface area contributed by atoms with Crippen LogP contribution in [0.3, 0.4) is 0 Å². The maximum Gasteiger partial charge on any atom is 0.350 e. The van der Waals surface area contributed by atoms with Crippen molar-refractivity contribution >= 4 is 28.0 Å². The molecule has 0 radical (unpaired) electrons. The molecule has 2 N–H and O–H groups in total. The highest BCUT2D eigenvalue weighted by molar-refractivity contribution is 7.18. The maximum atomic E-state index is 11.6. The van der Waals surface area contributed by atoms with E-state index in [0.717, 1.165) is 24.5 Å². The Balaban J connectivity index is 1.87. The van der Waals surface area contributed by atoms with Crippen LogP contribution in [0.1, 0.15) is 20.8 Å². The number of esters is 1. The van der Waals surface area contributed by atoms with Gasteiger partial charge in [0.1, 0.15) is 4.88 Å². The number of hydrogen-bond acceptors (Lipinski definition) is 5. The van der Waals surface area contributed by atoms with Crippen molar-refractivity contribution in [2.45, 2.75) is 13.0 Å². The average molecular weight is 288 g/mol. The molecule has 0 unspecified atom stereocenters. The van der Waals surface area contributed by atoms with Gasteiger partial charge in [0.05, 0.1) is 17.8 Å². The Kier molecular flexibility index (Phi) is 3.36. The Morgan fingerprint density at radius 1 is 1.35 bits per heavy atom. The second-order valence-electron chi connectivity index (χ2n) is 4.80. The van der Waals surface area contributed by atoms with E-state index in [1.54, 1.807) is 0 Å². The molecule has 2 heterocycles. The summed E-state index contributed by atoms with van der Waals surface area (Å²) in [4.78, 5) is 14.4. The number of nitrogens with two attached hydrogens (primary N) is 1. The first-order valence-electron chi connectivity index (χ1n) is 6.48. The predicted molar refractivity (Wildman–Crippen MR) is 81.3 cm³/mol. The number of carbonyl (C=O) groups excluding carboxylic acids is 1. The maximum absolute atomic E-state index is 11.6. The van der Waals surface area contributed by atoms with Gasteiger partial charge in [0.2, 0.25) is 0 Å². The van der Waals surface area contributed by atoms with Crippen molar-refractivity contribution in [3.05, 3.63) is 46.3 Å². The Morgan fingerprint density at radius 2 is 2.10 bits per heavy atom. The highest BCUT2D eigenvalue weighted by Gasteiger charge is 2.21. The van der Waals surface area contributed by atoms with Crippen LogP contribution in [0.25, 0.3) is 0 Å². The third-order valence-electron chi connectivity index (χ3n) is 3.56. The van der Waals surface area contributed by atoms with Crippen molar-refractivity contribution in [3.8, 4) is 0 Å². The molecule has 0 fully saturated rings. The highest BCUT2D eigenvalue weighted by atomic mass is 32.1. The Labute approximate surface area is 121 Å². The number of thiophene rings is 1. The minimum Gasteiger partial charge on any atom is -0.465 e. The van der Waals surface area contributed by atoms with Gasteiger partial charge in [-0.15, -0.1) is 11.3 Å². The van der Waals surface area contributed by atoms with Gasteiger partial charge in [0.25, 0.3) is 0 Å². The van der Waals surface area contributed by atoms with Crippen molar-refractivity contribution < 1.29 is 9.53 Å². The van der Waals surface area contributed by atoms with Gasteiger partial charge in [-0.05, 0) is 23.6 Å². The second kappa shape index (κ2) is 5.17. The number of hydrogen-bond donors (Lipinski definition) is 1. The highest BCUT2D eigenvalue weighted by Crippen LogP contribution is 2.35. The minimum atomic E-state index is -0.365. The van der Waals surface area contributed by atoms with E-state index in [4.69, 9.17) is 10.5 Å². The minimum absolute atomic E-state index is 0.365. The van der Waals surface area contributed by atoms with Crippen LogP contribution < -0.4 is 10.6 Å². The summed E-state index contributed by atoms with van der Waals surface area (Å²) in [7, 11) is 1.37. The molecule has 1 aliphatic rings. The van der Waals surface area contributed by atoms with E-state index in [-0.39, 0.29) is 5.97 Å². The summed E-state index contributed by atoms with van der Waals surface area (Å²) in [6.07, 6.45) is 1.02. The molecule has 0 atom stereocenters. The smallest absolute Gasteiger partial charge is 0.350 e. The quantitative estimate of drug-likeness (QED) is 0.863. The molecular weight excluding hydrogens is 272 g/mol. The Hall–Kier alpha value is -2.01. The van der Waals surface area contributed by atoms with Gasteiger partial charge in [-0.1, -0.05) is 24.3 Å². The molecule has 3 rings (SSSR count). The van der Waals surface area contributed by atoms with E-state index in [1.807, 2.05) is 6.07 Å². The lowest BCUT2D eigenvalue weighted by Crippen LogP contribution is -2.29. The Bertz CT molecular complexity index is 651. The molecule has 0 aliphatic carbocycles. The largest absolute Gasteiger partial charge is 0.465 e. The fraction of sp³-hybridized carbons (Fsp3) is 0.267. The van der Waals surface area contributed by atoms with Gasteiger partial charge < -0.3 is 15.4 Å². The Morgan fingerprint density at radius 3 is 2.85 bits per heavy atom. The first kappa shape index (κ1) is 13.0. The van der Waals surface area contributed by atoms with Crippen LogP contribution in [0.4, 0.5) is 10.7 Å². The number of methoxy groups -OCH3 is 1. The standard InChI is InChI=1S/C15H16N2O2S/c1-19-15(18)14-12(16)8-13(20-14)17-7-6-10-4-2-3-5-11(10)9-17/h2-5,8H,6-7,9,16H2,1H3. The van der Waals surface area contributed by atoms with Crippen LogP contribution in [0.5, 0.6) is 0 Å². The lowest BCUT2D eigenvalue weighted by molar-refractivity contribution is 0.0607. The number of ether oxygens (including phenoxy) is 1. The molecule has 0 saturated carbocycles. The zero-order chi connectivity index (χ0) is 14.1. The van der Waals surface area contributed by atoms with Crippen LogP contribution in [-0.2, 0) is 17.7 Å². The van der Waals surface area contributed by atoms with E-state index in [9.17, 15) is 4.79 Å². The van der Waals surface area contributed by atoms with Crippen molar-refractivity contribution in [1.29, 1.82) is 0 Å². The molecule has 0 saturated heterocycles. The molecule has 1 aliphatic heterocycles. The molecule has 0 amide bonds. The van der Waals surface area contributed by atoms with Crippen LogP contribution >= 0.6 is 11.3 Å². The summed E-state index contributed by atoms with van der Waals surface area (Å²) in [5, 5.41) is 1.03. The molecule has 2 aromatic rings. The van der Waals surface area contributed by atoms with Gasteiger partial charge >= 0.3 is 5.97 Å². The summed E-state index contributed by atoms with van der Waals surface area (Å²) in [6.45, 7) is 1.80. The fourth-order valence-electron chi connectivity index (χ4n) is 2.48. The number of benzene rings is 1. The van der Waals surface area contributed by atoms with Gasteiger partial charge in [0.15, 0.2) is 0 Å². The normalized spacial score (nSPS) is 13.9. The summed E-state index contributed by atoms with van der Waals surface area (Å²) in [6, 6.07) is 10.3. The van der Waals surface area contributed by atoms with Crippen LogP contribution in [0, 0.1) is 0 Å². The first-order valence-corrected chi connectivity index (χ1v) is 7.30. The van der Waals surface area contributed by atoms with Crippen LogP contribution in [-0.4, -0.2) is 19.6 Å².